The maximum Gasteiger partial charge on any atom is 0.260 e. The fraction of sp³-hybridized carbons (Fsp3) is 0.385. The molecule has 0 spiro atoms. The molecule has 1 aromatic rings. The topological polar surface area (TPSA) is 89.4 Å². The molecule has 0 radical (unpaired) electrons. The van der Waals surface area contributed by atoms with Crippen LogP contribution in [0.3, 0.4) is 0 Å². The van der Waals surface area contributed by atoms with E-state index in [-0.39, 0.29) is 11.8 Å². The molecule has 0 aliphatic carbocycles. The molecule has 5 heteroatoms. The summed E-state index contributed by atoms with van der Waals surface area (Å²) >= 11 is 0. The van der Waals surface area contributed by atoms with Gasteiger partial charge < -0.3 is 11.5 Å². The standard InChI is InChI=1S/C13H17N3O2/c14-10-6-9(7-11(15)8-10)13(18)16-5-3-1-2-4-12(16)17/h6-8H,1-5,14-15H2. The Bertz CT molecular complexity index is 465. The maximum atomic E-state index is 12.3. The lowest BCUT2D eigenvalue weighted by Crippen LogP contribution is -2.36. The average molecular weight is 247 g/mol. The Hall–Kier alpha value is -2.04. The summed E-state index contributed by atoms with van der Waals surface area (Å²) in [5.41, 5.74) is 12.6. The van der Waals surface area contributed by atoms with Gasteiger partial charge in [0.25, 0.3) is 5.91 Å². The highest BCUT2D eigenvalue weighted by molar-refractivity contribution is 6.05. The SMILES string of the molecule is Nc1cc(N)cc(C(=O)N2CCCCCC2=O)c1. The molecule has 2 amide bonds. The summed E-state index contributed by atoms with van der Waals surface area (Å²) in [5.74, 6) is -0.417. The molecule has 1 aromatic carbocycles. The van der Waals surface area contributed by atoms with Gasteiger partial charge in [-0.3, -0.25) is 14.5 Å². The molecule has 2 rings (SSSR count). The molecule has 0 aromatic heterocycles. The van der Waals surface area contributed by atoms with Crippen molar-refractivity contribution in [2.75, 3.05) is 18.0 Å². The van der Waals surface area contributed by atoms with Crippen molar-refractivity contribution >= 4 is 23.2 Å². The van der Waals surface area contributed by atoms with Crippen LogP contribution in [-0.4, -0.2) is 23.3 Å². The van der Waals surface area contributed by atoms with Gasteiger partial charge in [0, 0.05) is 29.9 Å². The van der Waals surface area contributed by atoms with E-state index in [1.807, 2.05) is 0 Å². The Labute approximate surface area is 106 Å². The van der Waals surface area contributed by atoms with Crippen molar-refractivity contribution in [2.45, 2.75) is 25.7 Å². The summed E-state index contributed by atoms with van der Waals surface area (Å²) in [7, 11) is 0. The van der Waals surface area contributed by atoms with Crippen molar-refractivity contribution in [3.63, 3.8) is 0 Å². The number of hydrogen-bond acceptors (Lipinski definition) is 4. The normalized spacial score (nSPS) is 16.4. The zero-order valence-corrected chi connectivity index (χ0v) is 10.2. The Morgan fingerprint density at radius 3 is 2.39 bits per heavy atom. The second kappa shape index (κ2) is 5.08. The number of imide groups is 1. The quantitative estimate of drug-likeness (QED) is 0.579. The first kappa shape index (κ1) is 12.4. The van der Waals surface area contributed by atoms with Crippen LogP contribution in [0.5, 0.6) is 0 Å². The second-order valence-corrected chi connectivity index (χ2v) is 4.55. The fourth-order valence-corrected chi connectivity index (χ4v) is 2.15. The largest absolute Gasteiger partial charge is 0.399 e. The summed E-state index contributed by atoms with van der Waals surface area (Å²) in [6.45, 7) is 0.479. The second-order valence-electron chi connectivity index (χ2n) is 4.55. The molecule has 1 aliphatic rings. The number of anilines is 2. The van der Waals surface area contributed by atoms with Gasteiger partial charge in [0.1, 0.15) is 0 Å². The van der Waals surface area contributed by atoms with Crippen LogP contribution < -0.4 is 11.5 Å². The molecule has 0 unspecified atom stereocenters. The highest BCUT2D eigenvalue weighted by atomic mass is 16.2. The van der Waals surface area contributed by atoms with Crippen LogP contribution in [0.4, 0.5) is 11.4 Å². The minimum absolute atomic E-state index is 0.113. The molecule has 1 heterocycles. The van der Waals surface area contributed by atoms with Crippen molar-refractivity contribution < 1.29 is 9.59 Å². The maximum absolute atomic E-state index is 12.3. The molecule has 0 atom stereocenters. The first-order valence-corrected chi connectivity index (χ1v) is 6.08. The van der Waals surface area contributed by atoms with Crippen LogP contribution in [0.1, 0.15) is 36.0 Å². The Balaban J connectivity index is 2.26. The smallest absolute Gasteiger partial charge is 0.260 e. The van der Waals surface area contributed by atoms with Gasteiger partial charge in [-0.05, 0) is 31.0 Å². The van der Waals surface area contributed by atoms with Gasteiger partial charge in [-0.1, -0.05) is 6.42 Å². The first-order chi connectivity index (χ1) is 8.58. The number of likely N-dealkylation sites (tertiary alicyclic amines) is 1. The predicted octanol–water partition coefficient (Wildman–Crippen LogP) is 1.39. The van der Waals surface area contributed by atoms with E-state index in [9.17, 15) is 9.59 Å². The summed E-state index contributed by atoms with van der Waals surface area (Å²) in [6, 6.07) is 4.69. The van der Waals surface area contributed by atoms with E-state index in [1.54, 1.807) is 18.2 Å². The van der Waals surface area contributed by atoms with E-state index in [4.69, 9.17) is 11.5 Å². The van der Waals surface area contributed by atoms with Crippen LogP contribution in [-0.2, 0) is 4.79 Å². The van der Waals surface area contributed by atoms with Gasteiger partial charge >= 0.3 is 0 Å². The lowest BCUT2D eigenvalue weighted by atomic mass is 10.1. The summed E-state index contributed by atoms with van der Waals surface area (Å²) in [5, 5.41) is 0. The van der Waals surface area contributed by atoms with Crippen molar-refractivity contribution in [1.29, 1.82) is 0 Å². The molecule has 1 saturated heterocycles. The van der Waals surface area contributed by atoms with Crippen molar-refractivity contribution in [3.8, 4) is 0 Å². The zero-order valence-electron chi connectivity index (χ0n) is 10.2. The summed E-state index contributed by atoms with van der Waals surface area (Å²) < 4.78 is 0. The molecule has 0 saturated carbocycles. The van der Waals surface area contributed by atoms with E-state index < -0.39 is 0 Å². The monoisotopic (exact) mass is 247 g/mol. The number of nitrogen functional groups attached to an aromatic ring is 2. The van der Waals surface area contributed by atoms with Crippen LogP contribution >= 0.6 is 0 Å². The third kappa shape index (κ3) is 2.61. The van der Waals surface area contributed by atoms with Crippen molar-refractivity contribution in [3.05, 3.63) is 23.8 Å². The number of benzene rings is 1. The molecular formula is C13H17N3O2. The van der Waals surface area contributed by atoms with Crippen molar-refractivity contribution in [2.24, 2.45) is 0 Å². The van der Waals surface area contributed by atoms with E-state index in [1.165, 1.54) is 4.90 Å². The number of rotatable bonds is 1. The number of carbonyl (C=O) groups excluding carboxylic acids is 2. The van der Waals surface area contributed by atoms with Gasteiger partial charge in [-0.25, -0.2) is 0 Å². The Morgan fingerprint density at radius 1 is 1.06 bits per heavy atom. The molecule has 1 fully saturated rings. The van der Waals surface area contributed by atoms with Crippen LogP contribution in [0.25, 0.3) is 0 Å². The molecule has 5 nitrogen and oxygen atoms in total. The first-order valence-electron chi connectivity index (χ1n) is 6.08. The van der Waals surface area contributed by atoms with E-state index in [0.717, 1.165) is 19.3 Å². The molecular weight excluding hydrogens is 230 g/mol. The van der Waals surface area contributed by atoms with Gasteiger partial charge in [-0.15, -0.1) is 0 Å². The van der Waals surface area contributed by atoms with Crippen molar-refractivity contribution in [1.82, 2.24) is 4.90 Å². The Kier molecular flexibility index (Phi) is 3.50. The van der Waals surface area contributed by atoms with Crippen LogP contribution in [0.15, 0.2) is 18.2 Å². The molecule has 96 valence electrons. The summed E-state index contributed by atoms with van der Waals surface area (Å²) in [4.78, 5) is 25.4. The van der Waals surface area contributed by atoms with E-state index >= 15 is 0 Å². The lowest BCUT2D eigenvalue weighted by Gasteiger charge is -2.18. The minimum atomic E-state index is -0.305. The highest BCUT2D eigenvalue weighted by Crippen LogP contribution is 2.18. The van der Waals surface area contributed by atoms with Crippen LogP contribution in [0, 0.1) is 0 Å². The number of hydrogen-bond donors (Lipinski definition) is 2. The highest BCUT2D eigenvalue weighted by Gasteiger charge is 2.24. The van der Waals surface area contributed by atoms with Gasteiger partial charge in [0.05, 0.1) is 0 Å². The van der Waals surface area contributed by atoms with Gasteiger partial charge in [0.2, 0.25) is 5.91 Å². The molecule has 1 aliphatic heterocycles. The van der Waals surface area contributed by atoms with E-state index in [0.29, 0.717) is 29.9 Å². The molecule has 0 bridgehead atoms. The van der Waals surface area contributed by atoms with Crippen LogP contribution in [0.2, 0.25) is 0 Å². The minimum Gasteiger partial charge on any atom is -0.399 e. The molecule has 18 heavy (non-hydrogen) atoms. The fourth-order valence-electron chi connectivity index (χ4n) is 2.15. The average Bonchev–Trinajstić information content (AvgIpc) is 2.51. The van der Waals surface area contributed by atoms with Gasteiger partial charge in [-0.2, -0.15) is 0 Å². The number of carbonyl (C=O) groups is 2. The predicted molar refractivity (Wildman–Crippen MR) is 69.8 cm³/mol. The number of amides is 2. The third-order valence-corrected chi connectivity index (χ3v) is 3.04. The lowest BCUT2D eigenvalue weighted by molar-refractivity contribution is -0.128. The molecule has 4 N–H and O–H groups in total. The van der Waals surface area contributed by atoms with Gasteiger partial charge in [0.15, 0.2) is 0 Å². The summed E-state index contributed by atoms with van der Waals surface area (Å²) in [6.07, 6.45) is 3.12. The number of nitrogens with zero attached hydrogens (tertiary/aromatic N) is 1. The Morgan fingerprint density at radius 2 is 1.72 bits per heavy atom. The van der Waals surface area contributed by atoms with E-state index in [2.05, 4.69) is 0 Å². The number of nitrogens with two attached hydrogens (primary N) is 2. The zero-order chi connectivity index (χ0) is 13.1. The third-order valence-electron chi connectivity index (χ3n) is 3.04.